The molecule has 0 aliphatic rings. The van der Waals surface area contributed by atoms with E-state index in [2.05, 4.69) is 21.0 Å². The highest BCUT2D eigenvalue weighted by Gasteiger charge is 2.14. The van der Waals surface area contributed by atoms with Crippen molar-refractivity contribution in [2.75, 3.05) is 0 Å². The molecule has 0 fully saturated rings. The topological polar surface area (TPSA) is 55.1 Å². The lowest BCUT2D eigenvalue weighted by molar-refractivity contribution is 0.0689. The van der Waals surface area contributed by atoms with Crippen LogP contribution in [0, 0.1) is 0 Å². The van der Waals surface area contributed by atoms with E-state index in [0.717, 1.165) is 0 Å². The smallest absolute Gasteiger partial charge is 0.357 e. The SMILES string of the molecule is O=C(O)c1nn(-c2cccc(Cl)c2)cc1Br. The van der Waals surface area contributed by atoms with Gasteiger partial charge in [-0.2, -0.15) is 5.10 Å². The fourth-order valence-corrected chi connectivity index (χ4v) is 1.88. The maximum atomic E-state index is 10.8. The van der Waals surface area contributed by atoms with Crippen LogP contribution in [0.1, 0.15) is 10.5 Å². The van der Waals surface area contributed by atoms with E-state index in [1.54, 1.807) is 30.5 Å². The second-order valence-corrected chi connectivity index (χ2v) is 4.35. The Morgan fingerprint density at radius 3 is 2.81 bits per heavy atom. The van der Waals surface area contributed by atoms with E-state index < -0.39 is 5.97 Å². The van der Waals surface area contributed by atoms with Crippen molar-refractivity contribution in [3.05, 3.63) is 45.7 Å². The van der Waals surface area contributed by atoms with Gasteiger partial charge in [-0.15, -0.1) is 0 Å². The number of hydrogen-bond donors (Lipinski definition) is 1. The number of aromatic nitrogens is 2. The molecule has 1 aromatic heterocycles. The maximum Gasteiger partial charge on any atom is 0.357 e. The normalized spacial score (nSPS) is 10.4. The Kier molecular flexibility index (Phi) is 2.98. The van der Waals surface area contributed by atoms with Crippen LogP contribution in [0.15, 0.2) is 34.9 Å². The molecule has 4 nitrogen and oxygen atoms in total. The highest BCUT2D eigenvalue weighted by atomic mass is 79.9. The largest absolute Gasteiger partial charge is 0.476 e. The Morgan fingerprint density at radius 2 is 2.25 bits per heavy atom. The first-order chi connectivity index (χ1) is 7.58. The number of benzene rings is 1. The van der Waals surface area contributed by atoms with E-state index in [0.29, 0.717) is 15.2 Å². The van der Waals surface area contributed by atoms with Crippen molar-refractivity contribution in [2.45, 2.75) is 0 Å². The number of carbonyl (C=O) groups is 1. The number of hydrogen-bond acceptors (Lipinski definition) is 2. The molecule has 0 bridgehead atoms. The summed E-state index contributed by atoms with van der Waals surface area (Å²) in [6.45, 7) is 0. The monoisotopic (exact) mass is 300 g/mol. The van der Waals surface area contributed by atoms with Crippen molar-refractivity contribution >= 4 is 33.5 Å². The van der Waals surface area contributed by atoms with Crippen molar-refractivity contribution in [1.82, 2.24) is 9.78 Å². The van der Waals surface area contributed by atoms with Crippen LogP contribution in [0.2, 0.25) is 5.02 Å². The third kappa shape index (κ3) is 2.10. The fraction of sp³-hybridized carbons (Fsp3) is 0. The Hall–Kier alpha value is -1.33. The molecule has 0 saturated carbocycles. The van der Waals surface area contributed by atoms with Crippen molar-refractivity contribution in [2.24, 2.45) is 0 Å². The molecular formula is C10H6BrClN2O2. The predicted molar refractivity (Wildman–Crippen MR) is 63.2 cm³/mol. The molecule has 0 atom stereocenters. The van der Waals surface area contributed by atoms with Gasteiger partial charge in [0.25, 0.3) is 0 Å². The molecule has 1 heterocycles. The average Bonchev–Trinajstić information content (AvgIpc) is 2.60. The van der Waals surface area contributed by atoms with Crippen LogP contribution in [0.4, 0.5) is 0 Å². The summed E-state index contributed by atoms with van der Waals surface area (Å²) in [7, 11) is 0. The predicted octanol–water partition coefficient (Wildman–Crippen LogP) is 2.99. The Labute approximate surface area is 105 Å². The molecule has 82 valence electrons. The number of nitrogens with zero attached hydrogens (tertiary/aromatic N) is 2. The van der Waals surface area contributed by atoms with Crippen molar-refractivity contribution in [3.8, 4) is 5.69 Å². The number of rotatable bonds is 2. The second kappa shape index (κ2) is 4.27. The molecule has 16 heavy (non-hydrogen) atoms. The third-order valence-electron chi connectivity index (χ3n) is 1.94. The number of aromatic carboxylic acids is 1. The van der Waals surface area contributed by atoms with Gasteiger partial charge >= 0.3 is 5.97 Å². The van der Waals surface area contributed by atoms with Gasteiger partial charge in [-0.05, 0) is 34.1 Å². The zero-order valence-electron chi connectivity index (χ0n) is 7.89. The highest BCUT2D eigenvalue weighted by Crippen LogP contribution is 2.19. The molecule has 1 aromatic carbocycles. The van der Waals surface area contributed by atoms with Crippen LogP contribution >= 0.6 is 27.5 Å². The molecule has 1 N–H and O–H groups in total. The van der Waals surface area contributed by atoms with Gasteiger partial charge in [-0.3, -0.25) is 0 Å². The summed E-state index contributed by atoms with van der Waals surface area (Å²) in [6.07, 6.45) is 1.58. The number of halogens is 2. The Morgan fingerprint density at radius 1 is 1.50 bits per heavy atom. The van der Waals surface area contributed by atoms with E-state index in [1.165, 1.54) is 4.68 Å². The maximum absolute atomic E-state index is 10.8. The first-order valence-corrected chi connectivity index (χ1v) is 5.49. The van der Waals surface area contributed by atoms with Crippen molar-refractivity contribution in [1.29, 1.82) is 0 Å². The summed E-state index contributed by atoms with van der Waals surface area (Å²) < 4.78 is 1.89. The molecule has 2 aromatic rings. The van der Waals surface area contributed by atoms with Crippen molar-refractivity contribution in [3.63, 3.8) is 0 Å². The van der Waals surface area contributed by atoms with E-state index in [-0.39, 0.29) is 5.69 Å². The van der Waals surface area contributed by atoms with Gasteiger partial charge < -0.3 is 5.11 Å². The van der Waals surface area contributed by atoms with Gasteiger partial charge in [-0.1, -0.05) is 17.7 Å². The molecular weight excluding hydrogens is 295 g/mol. The first-order valence-electron chi connectivity index (χ1n) is 4.32. The van der Waals surface area contributed by atoms with Gasteiger partial charge in [0, 0.05) is 11.2 Å². The lowest BCUT2D eigenvalue weighted by Crippen LogP contribution is -2.01. The number of carboxylic acid groups (broad SMARTS) is 1. The molecule has 0 radical (unpaired) electrons. The van der Waals surface area contributed by atoms with Crippen LogP contribution in [-0.2, 0) is 0 Å². The highest BCUT2D eigenvalue weighted by molar-refractivity contribution is 9.10. The van der Waals surface area contributed by atoms with Gasteiger partial charge in [-0.25, -0.2) is 9.48 Å². The minimum atomic E-state index is -1.08. The molecule has 2 rings (SSSR count). The number of carboxylic acids is 1. The summed E-state index contributed by atoms with van der Waals surface area (Å²) in [6, 6.07) is 7.00. The summed E-state index contributed by atoms with van der Waals surface area (Å²) in [5.41, 5.74) is 0.681. The summed E-state index contributed by atoms with van der Waals surface area (Å²) in [5, 5.41) is 13.4. The zero-order chi connectivity index (χ0) is 11.7. The molecule has 0 unspecified atom stereocenters. The van der Waals surface area contributed by atoms with Gasteiger partial charge in [0.15, 0.2) is 5.69 Å². The molecule has 0 aliphatic carbocycles. The lowest BCUT2D eigenvalue weighted by atomic mass is 10.3. The molecule has 0 aliphatic heterocycles. The van der Waals surface area contributed by atoms with Crippen LogP contribution in [0.5, 0.6) is 0 Å². The van der Waals surface area contributed by atoms with Crippen LogP contribution in [-0.4, -0.2) is 20.9 Å². The summed E-state index contributed by atoms with van der Waals surface area (Å²) >= 11 is 8.97. The first kappa shape index (κ1) is 11.2. The minimum absolute atomic E-state index is 0.0278. The summed E-state index contributed by atoms with van der Waals surface area (Å²) in [4.78, 5) is 10.8. The standard InChI is InChI=1S/C10H6BrClN2O2/c11-8-5-14(13-9(8)10(15)16)7-3-1-2-6(12)4-7/h1-5H,(H,15,16). The molecule has 0 spiro atoms. The second-order valence-electron chi connectivity index (χ2n) is 3.06. The van der Waals surface area contributed by atoms with E-state index in [9.17, 15) is 4.79 Å². The molecule has 6 heteroatoms. The van der Waals surface area contributed by atoms with Gasteiger partial charge in [0.2, 0.25) is 0 Å². The fourth-order valence-electron chi connectivity index (χ4n) is 1.25. The van der Waals surface area contributed by atoms with Crippen molar-refractivity contribution < 1.29 is 9.90 Å². The van der Waals surface area contributed by atoms with E-state index >= 15 is 0 Å². The van der Waals surface area contributed by atoms with Gasteiger partial charge in [0.1, 0.15) is 0 Å². The van der Waals surface area contributed by atoms with Crippen LogP contribution < -0.4 is 0 Å². The molecule has 0 saturated heterocycles. The average molecular weight is 302 g/mol. The Balaban J connectivity index is 2.49. The van der Waals surface area contributed by atoms with Crippen LogP contribution in [0.25, 0.3) is 5.69 Å². The minimum Gasteiger partial charge on any atom is -0.476 e. The van der Waals surface area contributed by atoms with Gasteiger partial charge in [0.05, 0.1) is 10.2 Å². The lowest BCUT2D eigenvalue weighted by Gasteiger charge is -2.00. The molecule has 0 amide bonds. The van der Waals surface area contributed by atoms with E-state index in [1.807, 2.05) is 0 Å². The quantitative estimate of drug-likeness (QED) is 0.927. The summed E-state index contributed by atoms with van der Waals surface area (Å²) in [5.74, 6) is -1.08. The van der Waals surface area contributed by atoms with E-state index in [4.69, 9.17) is 16.7 Å². The zero-order valence-corrected chi connectivity index (χ0v) is 10.2. The third-order valence-corrected chi connectivity index (χ3v) is 2.76. The van der Waals surface area contributed by atoms with Crippen LogP contribution in [0.3, 0.4) is 0 Å². The Bertz CT molecular complexity index is 554.